The topological polar surface area (TPSA) is 104 Å². The van der Waals surface area contributed by atoms with E-state index >= 15 is 0 Å². The van der Waals surface area contributed by atoms with E-state index in [-0.39, 0.29) is 22.7 Å². The molecule has 28 heavy (non-hydrogen) atoms. The molecule has 0 amide bonds. The molecule has 1 aromatic carbocycles. The fraction of sp³-hybridized carbons (Fsp3) is 0.222. The molecule has 3 N–H and O–H groups in total. The second-order valence-electron chi connectivity index (χ2n) is 5.96. The van der Waals surface area contributed by atoms with Gasteiger partial charge in [-0.05, 0) is 23.9 Å². The number of hydrogen-bond acceptors (Lipinski definition) is 8. The van der Waals surface area contributed by atoms with Crippen LogP contribution in [0.4, 0.5) is 11.6 Å². The van der Waals surface area contributed by atoms with Crippen LogP contribution in [0.25, 0.3) is 0 Å². The molecule has 7 nitrogen and oxygen atoms in total. The average molecular weight is 437 g/mol. The SMILES string of the molecule is C[C@H](CO)Nc1cc(NS(=O)(=O)c2cccs2)nc(SCc2ccccc2)n1. The van der Waals surface area contributed by atoms with Gasteiger partial charge in [-0.25, -0.2) is 18.4 Å². The van der Waals surface area contributed by atoms with Gasteiger partial charge in [0.2, 0.25) is 0 Å². The van der Waals surface area contributed by atoms with Gasteiger partial charge in [0.15, 0.2) is 5.16 Å². The number of aliphatic hydroxyl groups is 1. The van der Waals surface area contributed by atoms with E-state index in [0.29, 0.717) is 16.7 Å². The molecule has 0 fully saturated rings. The predicted molar refractivity (Wildman–Crippen MR) is 113 cm³/mol. The van der Waals surface area contributed by atoms with Crippen LogP contribution in [0.2, 0.25) is 0 Å². The number of aromatic nitrogens is 2. The Morgan fingerprint density at radius 2 is 1.89 bits per heavy atom. The van der Waals surface area contributed by atoms with Crippen LogP contribution in [0.1, 0.15) is 12.5 Å². The number of thiophene rings is 1. The largest absolute Gasteiger partial charge is 0.394 e. The van der Waals surface area contributed by atoms with Crippen molar-refractivity contribution in [2.24, 2.45) is 0 Å². The average Bonchev–Trinajstić information content (AvgIpc) is 3.22. The highest BCUT2D eigenvalue weighted by Crippen LogP contribution is 2.25. The van der Waals surface area contributed by atoms with E-state index < -0.39 is 10.0 Å². The smallest absolute Gasteiger partial charge is 0.272 e. The zero-order valence-corrected chi connectivity index (χ0v) is 17.5. The molecular weight excluding hydrogens is 416 g/mol. The lowest BCUT2D eigenvalue weighted by Gasteiger charge is -2.14. The van der Waals surface area contributed by atoms with Crippen molar-refractivity contribution in [3.05, 3.63) is 59.5 Å². The van der Waals surface area contributed by atoms with Crippen molar-refractivity contribution >= 4 is 44.8 Å². The third-order valence-corrected chi connectivity index (χ3v) is 7.25. The maximum absolute atomic E-state index is 12.5. The van der Waals surface area contributed by atoms with Gasteiger partial charge in [0.1, 0.15) is 15.8 Å². The fourth-order valence-corrected chi connectivity index (χ4v) is 5.04. The Balaban J connectivity index is 1.84. The quantitative estimate of drug-likeness (QED) is 0.349. The van der Waals surface area contributed by atoms with E-state index in [1.54, 1.807) is 18.4 Å². The summed E-state index contributed by atoms with van der Waals surface area (Å²) in [5.41, 5.74) is 1.11. The van der Waals surface area contributed by atoms with Crippen molar-refractivity contribution in [3.8, 4) is 0 Å². The summed E-state index contributed by atoms with van der Waals surface area (Å²) in [5, 5.41) is 14.5. The lowest BCUT2D eigenvalue weighted by Crippen LogP contribution is -2.21. The normalized spacial score (nSPS) is 12.5. The van der Waals surface area contributed by atoms with Gasteiger partial charge in [0.25, 0.3) is 10.0 Å². The van der Waals surface area contributed by atoms with E-state index in [9.17, 15) is 13.5 Å². The van der Waals surface area contributed by atoms with Gasteiger partial charge in [-0.2, -0.15) is 0 Å². The van der Waals surface area contributed by atoms with Gasteiger partial charge in [-0.15, -0.1) is 11.3 Å². The first-order chi connectivity index (χ1) is 13.5. The van der Waals surface area contributed by atoms with Crippen molar-refractivity contribution in [2.75, 3.05) is 16.6 Å². The van der Waals surface area contributed by atoms with E-state index in [1.807, 2.05) is 30.3 Å². The zero-order chi connectivity index (χ0) is 20.0. The minimum atomic E-state index is -3.71. The summed E-state index contributed by atoms with van der Waals surface area (Å²) >= 11 is 2.53. The number of hydrogen-bond donors (Lipinski definition) is 3. The van der Waals surface area contributed by atoms with Gasteiger partial charge in [0, 0.05) is 17.9 Å². The number of anilines is 2. The van der Waals surface area contributed by atoms with Gasteiger partial charge in [0.05, 0.1) is 6.61 Å². The molecule has 0 unspecified atom stereocenters. The Morgan fingerprint density at radius 3 is 2.57 bits per heavy atom. The van der Waals surface area contributed by atoms with E-state index in [0.717, 1.165) is 16.9 Å². The Morgan fingerprint density at radius 1 is 1.14 bits per heavy atom. The minimum absolute atomic E-state index is 0.0766. The lowest BCUT2D eigenvalue weighted by molar-refractivity contribution is 0.281. The second-order valence-corrected chi connectivity index (χ2v) is 9.76. The van der Waals surface area contributed by atoms with Crippen LogP contribution in [0.3, 0.4) is 0 Å². The van der Waals surface area contributed by atoms with Gasteiger partial charge >= 0.3 is 0 Å². The first kappa shape index (κ1) is 20.6. The first-order valence-electron chi connectivity index (χ1n) is 8.46. The Hall–Kier alpha value is -2.14. The van der Waals surface area contributed by atoms with Crippen molar-refractivity contribution in [3.63, 3.8) is 0 Å². The van der Waals surface area contributed by atoms with E-state index in [4.69, 9.17) is 0 Å². The molecule has 0 aliphatic heterocycles. The van der Waals surface area contributed by atoms with E-state index in [1.165, 1.54) is 23.9 Å². The van der Waals surface area contributed by atoms with Crippen LogP contribution in [0.15, 0.2) is 63.3 Å². The molecule has 2 heterocycles. The predicted octanol–water partition coefficient (Wildman–Crippen LogP) is 3.42. The van der Waals surface area contributed by atoms with Gasteiger partial charge < -0.3 is 10.4 Å². The van der Waals surface area contributed by atoms with Crippen molar-refractivity contribution in [1.82, 2.24) is 9.97 Å². The number of aliphatic hydroxyl groups excluding tert-OH is 1. The zero-order valence-electron chi connectivity index (χ0n) is 15.1. The maximum atomic E-state index is 12.5. The molecule has 3 aromatic rings. The number of nitrogens with zero attached hydrogens (tertiary/aromatic N) is 2. The third-order valence-electron chi connectivity index (χ3n) is 3.58. The molecule has 1 atom stereocenters. The highest BCUT2D eigenvalue weighted by molar-refractivity contribution is 7.98. The second kappa shape index (κ2) is 9.37. The molecule has 3 rings (SSSR count). The highest BCUT2D eigenvalue weighted by atomic mass is 32.2. The first-order valence-corrected chi connectivity index (χ1v) is 11.8. The molecule has 2 aromatic heterocycles. The Kier molecular flexibility index (Phi) is 6.89. The summed E-state index contributed by atoms with van der Waals surface area (Å²) < 4.78 is 27.7. The highest BCUT2D eigenvalue weighted by Gasteiger charge is 2.17. The number of nitrogens with one attached hydrogen (secondary N) is 2. The standard InChI is InChI=1S/C18H20N4O3S3/c1-13(11-23)19-15-10-16(22-28(24,25)17-8-5-9-26-17)21-18(20-15)27-12-14-6-3-2-4-7-14/h2-10,13,23H,11-12H2,1H3,(H2,19,20,21,22)/t13-/m1/s1. The molecule has 0 saturated carbocycles. The minimum Gasteiger partial charge on any atom is -0.394 e. The summed E-state index contributed by atoms with van der Waals surface area (Å²) in [6, 6.07) is 14.4. The molecule has 0 aliphatic rings. The summed E-state index contributed by atoms with van der Waals surface area (Å²) in [6.07, 6.45) is 0. The Labute approximate surface area is 172 Å². The van der Waals surface area contributed by atoms with Crippen LogP contribution >= 0.6 is 23.1 Å². The summed E-state index contributed by atoms with van der Waals surface area (Å²) in [5.74, 6) is 1.26. The number of sulfonamides is 1. The van der Waals surface area contributed by atoms with Crippen LogP contribution in [-0.4, -0.2) is 36.1 Å². The molecule has 0 aliphatic carbocycles. The van der Waals surface area contributed by atoms with Crippen molar-refractivity contribution in [2.45, 2.75) is 28.1 Å². The van der Waals surface area contributed by atoms with E-state index in [2.05, 4.69) is 20.0 Å². The number of thioether (sulfide) groups is 1. The van der Waals surface area contributed by atoms with Gasteiger partial charge in [-0.1, -0.05) is 48.2 Å². The molecule has 0 radical (unpaired) electrons. The third kappa shape index (κ3) is 5.68. The fourth-order valence-electron chi connectivity index (χ4n) is 2.24. The monoisotopic (exact) mass is 436 g/mol. The molecule has 148 valence electrons. The summed E-state index contributed by atoms with van der Waals surface area (Å²) in [7, 11) is -3.71. The number of rotatable bonds is 9. The Bertz CT molecular complexity index is 996. The van der Waals surface area contributed by atoms with Crippen LogP contribution in [0, 0.1) is 0 Å². The van der Waals surface area contributed by atoms with Gasteiger partial charge in [-0.3, -0.25) is 4.72 Å². The van der Waals surface area contributed by atoms with Crippen molar-refractivity contribution in [1.29, 1.82) is 0 Å². The molecule has 0 spiro atoms. The summed E-state index contributed by atoms with van der Waals surface area (Å²) in [4.78, 5) is 8.77. The number of benzene rings is 1. The van der Waals surface area contributed by atoms with Crippen LogP contribution in [-0.2, 0) is 15.8 Å². The molecule has 10 heteroatoms. The molecule has 0 bridgehead atoms. The maximum Gasteiger partial charge on any atom is 0.272 e. The molecular formula is C18H20N4O3S3. The lowest BCUT2D eigenvalue weighted by atomic mass is 10.2. The molecule has 0 saturated heterocycles. The van der Waals surface area contributed by atoms with Crippen LogP contribution < -0.4 is 10.0 Å². The van der Waals surface area contributed by atoms with Crippen LogP contribution in [0.5, 0.6) is 0 Å². The van der Waals surface area contributed by atoms with Crippen molar-refractivity contribution < 1.29 is 13.5 Å². The summed E-state index contributed by atoms with van der Waals surface area (Å²) in [6.45, 7) is 1.72.